The molecular formula is C30H36F2N2O3. The van der Waals surface area contributed by atoms with E-state index >= 15 is 0 Å². The van der Waals surface area contributed by atoms with E-state index in [9.17, 15) is 18.7 Å². The van der Waals surface area contributed by atoms with Crippen LogP contribution in [0.2, 0.25) is 0 Å². The van der Waals surface area contributed by atoms with Crippen molar-refractivity contribution in [3.05, 3.63) is 100 Å². The first-order valence-corrected chi connectivity index (χ1v) is 12.6. The van der Waals surface area contributed by atoms with Gasteiger partial charge in [-0.2, -0.15) is 0 Å². The molecule has 0 saturated heterocycles. The van der Waals surface area contributed by atoms with E-state index in [0.717, 1.165) is 29.2 Å². The van der Waals surface area contributed by atoms with E-state index in [1.54, 1.807) is 6.92 Å². The van der Waals surface area contributed by atoms with Crippen LogP contribution in [-0.2, 0) is 24.2 Å². The third-order valence-corrected chi connectivity index (χ3v) is 6.32. The van der Waals surface area contributed by atoms with Gasteiger partial charge in [0.2, 0.25) is 0 Å². The second kappa shape index (κ2) is 13.3. The first-order valence-electron chi connectivity index (χ1n) is 12.6. The summed E-state index contributed by atoms with van der Waals surface area (Å²) in [5.41, 5.74) is 4.44. The van der Waals surface area contributed by atoms with Gasteiger partial charge in [0.25, 0.3) is 5.91 Å². The van der Waals surface area contributed by atoms with Gasteiger partial charge in [-0.1, -0.05) is 49.4 Å². The number of rotatable bonds is 12. The number of para-hydroxylation sites is 1. The van der Waals surface area contributed by atoms with Crippen molar-refractivity contribution in [2.24, 2.45) is 0 Å². The molecule has 198 valence electrons. The summed E-state index contributed by atoms with van der Waals surface area (Å²) in [5.74, 6) is -1.23. The van der Waals surface area contributed by atoms with Crippen LogP contribution >= 0.6 is 0 Å². The average Bonchev–Trinajstić information content (AvgIpc) is 2.85. The Hall–Kier alpha value is -3.29. The lowest BCUT2D eigenvalue weighted by Gasteiger charge is -2.27. The van der Waals surface area contributed by atoms with Crippen molar-refractivity contribution in [3.8, 4) is 5.75 Å². The standard InChI is InChI=1S/C30H36F2N2O3/c1-5-22-10-7-11-23(12-22)17-33-18-28(35)27(15-24-13-25(31)16-26(32)14-24)34-30(36)21(4)37-29-19(2)8-6-9-20(29)3/h6-14,16,21,27-28,33,35H,5,15,17-18H2,1-4H3,(H,34,36)/t21?,27-,28+/m0/s1. The minimum Gasteiger partial charge on any atom is -0.480 e. The Labute approximate surface area is 217 Å². The Morgan fingerprint density at radius 1 is 0.946 bits per heavy atom. The molecule has 0 aliphatic heterocycles. The highest BCUT2D eigenvalue weighted by atomic mass is 19.1. The molecule has 0 radical (unpaired) electrons. The van der Waals surface area contributed by atoms with Gasteiger partial charge in [0.15, 0.2) is 6.10 Å². The number of halogens is 2. The van der Waals surface area contributed by atoms with Gasteiger partial charge < -0.3 is 20.5 Å². The molecule has 3 rings (SSSR count). The van der Waals surface area contributed by atoms with Gasteiger partial charge in [-0.25, -0.2) is 8.78 Å². The van der Waals surface area contributed by atoms with Crippen LogP contribution in [0.15, 0.2) is 60.7 Å². The summed E-state index contributed by atoms with van der Waals surface area (Å²) in [7, 11) is 0. The van der Waals surface area contributed by atoms with E-state index < -0.39 is 35.8 Å². The van der Waals surface area contributed by atoms with E-state index in [1.807, 2.05) is 44.2 Å². The van der Waals surface area contributed by atoms with Crippen molar-refractivity contribution in [2.45, 2.75) is 65.3 Å². The van der Waals surface area contributed by atoms with E-state index in [0.29, 0.717) is 17.9 Å². The molecule has 0 spiro atoms. The summed E-state index contributed by atoms with van der Waals surface area (Å²) in [6.45, 7) is 8.23. The molecule has 0 fully saturated rings. The number of aliphatic hydroxyl groups excluding tert-OH is 1. The molecule has 5 nitrogen and oxygen atoms in total. The van der Waals surface area contributed by atoms with Gasteiger partial charge >= 0.3 is 0 Å². The molecule has 0 heterocycles. The maximum absolute atomic E-state index is 13.8. The number of nitrogens with one attached hydrogen (secondary N) is 2. The zero-order valence-electron chi connectivity index (χ0n) is 21.9. The molecule has 0 saturated carbocycles. The fourth-order valence-electron chi connectivity index (χ4n) is 4.25. The summed E-state index contributed by atoms with van der Waals surface area (Å²) in [5, 5.41) is 17.0. The predicted octanol–water partition coefficient (Wildman–Crippen LogP) is 4.79. The zero-order valence-corrected chi connectivity index (χ0v) is 21.9. The molecule has 3 N–H and O–H groups in total. The number of benzene rings is 3. The number of aryl methyl sites for hydroxylation is 3. The molecule has 0 aliphatic carbocycles. The summed E-state index contributed by atoms with van der Waals surface area (Å²) >= 11 is 0. The van der Waals surface area contributed by atoms with Gasteiger partial charge in [-0.05, 0) is 73.6 Å². The maximum atomic E-state index is 13.8. The van der Waals surface area contributed by atoms with Crippen LogP contribution in [0.1, 0.15) is 41.7 Å². The molecule has 0 aromatic heterocycles. The quantitative estimate of drug-likeness (QED) is 0.328. The number of hydrogen-bond donors (Lipinski definition) is 3. The topological polar surface area (TPSA) is 70.6 Å². The Kier molecular flexibility index (Phi) is 10.2. The van der Waals surface area contributed by atoms with Crippen LogP contribution in [0.25, 0.3) is 0 Å². The largest absolute Gasteiger partial charge is 0.480 e. The van der Waals surface area contributed by atoms with Crippen molar-refractivity contribution in [1.29, 1.82) is 0 Å². The van der Waals surface area contributed by atoms with Crippen LogP contribution in [0.5, 0.6) is 5.75 Å². The summed E-state index contributed by atoms with van der Waals surface area (Å²) in [6, 6.07) is 16.3. The molecule has 3 aromatic carbocycles. The van der Waals surface area contributed by atoms with Gasteiger partial charge in [0.05, 0.1) is 12.1 Å². The molecule has 37 heavy (non-hydrogen) atoms. The van der Waals surface area contributed by atoms with E-state index in [2.05, 4.69) is 29.7 Å². The molecule has 3 atom stereocenters. The highest BCUT2D eigenvalue weighted by Gasteiger charge is 2.26. The van der Waals surface area contributed by atoms with E-state index in [4.69, 9.17) is 4.74 Å². The number of carbonyl (C=O) groups is 1. The van der Waals surface area contributed by atoms with Crippen LogP contribution in [-0.4, -0.2) is 35.8 Å². The second-order valence-electron chi connectivity index (χ2n) is 9.45. The molecule has 7 heteroatoms. The molecular weight excluding hydrogens is 474 g/mol. The maximum Gasteiger partial charge on any atom is 0.261 e. The lowest BCUT2D eigenvalue weighted by atomic mass is 10.00. The Morgan fingerprint density at radius 2 is 1.57 bits per heavy atom. The predicted molar refractivity (Wildman–Crippen MR) is 142 cm³/mol. The smallest absolute Gasteiger partial charge is 0.261 e. The van der Waals surface area contributed by atoms with Crippen molar-refractivity contribution < 1.29 is 23.4 Å². The molecule has 1 amide bonds. The first-order chi connectivity index (χ1) is 17.7. The summed E-state index contributed by atoms with van der Waals surface area (Å²) in [6.07, 6.45) is -0.887. The van der Waals surface area contributed by atoms with Gasteiger partial charge in [-0.3, -0.25) is 4.79 Å². The van der Waals surface area contributed by atoms with Crippen molar-refractivity contribution >= 4 is 5.91 Å². The van der Waals surface area contributed by atoms with Crippen LogP contribution in [0.3, 0.4) is 0 Å². The number of ether oxygens (including phenoxy) is 1. The molecule has 1 unspecified atom stereocenters. The highest BCUT2D eigenvalue weighted by Crippen LogP contribution is 2.23. The van der Waals surface area contributed by atoms with Crippen molar-refractivity contribution in [3.63, 3.8) is 0 Å². The summed E-state index contributed by atoms with van der Waals surface area (Å²) in [4.78, 5) is 13.1. The third kappa shape index (κ3) is 8.37. The fourth-order valence-corrected chi connectivity index (χ4v) is 4.25. The average molecular weight is 511 g/mol. The minimum absolute atomic E-state index is 0.0463. The Bertz CT molecular complexity index is 1160. The monoisotopic (exact) mass is 510 g/mol. The van der Waals surface area contributed by atoms with Gasteiger partial charge in [-0.15, -0.1) is 0 Å². The highest BCUT2D eigenvalue weighted by molar-refractivity contribution is 5.81. The van der Waals surface area contributed by atoms with Crippen LogP contribution < -0.4 is 15.4 Å². The first kappa shape index (κ1) is 28.3. The Balaban J connectivity index is 1.70. The second-order valence-corrected chi connectivity index (χ2v) is 9.45. The number of aliphatic hydroxyl groups is 1. The SMILES string of the molecule is CCc1cccc(CNC[C@@H](O)[C@H](Cc2cc(F)cc(F)c2)NC(=O)C(C)Oc2c(C)cccc2C)c1. The zero-order chi connectivity index (χ0) is 26.9. The van der Waals surface area contributed by atoms with Crippen LogP contribution in [0, 0.1) is 25.5 Å². The van der Waals surface area contributed by atoms with Crippen molar-refractivity contribution in [2.75, 3.05) is 6.54 Å². The van der Waals surface area contributed by atoms with Crippen LogP contribution in [0.4, 0.5) is 8.78 Å². The number of hydrogen-bond acceptors (Lipinski definition) is 4. The van der Waals surface area contributed by atoms with Gasteiger partial charge in [0, 0.05) is 19.2 Å². The lowest BCUT2D eigenvalue weighted by Crippen LogP contribution is -2.51. The third-order valence-electron chi connectivity index (χ3n) is 6.32. The van der Waals surface area contributed by atoms with Gasteiger partial charge in [0.1, 0.15) is 17.4 Å². The molecule has 3 aromatic rings. The lowest BCUT2D eigenvalue weighted by molar-refractivity contribution is -0.128. The normalized spacial score (nSPS) is 13.6. The van der Waals surface area contributed by atoms with Crippen molar-refractivity contribution in [1.82, 2.24) is 10.6 Å². The molecule has 0 bridgehead atoms. The number of carbonyl (C=O) groups excluding carboxylic acids is 1. The Morgan fingerprint density at radius 3 is 2.22 bits per heavy atom. The fraction of sp³-hybridized carbons (Fsp3) is 0.367. The minimum atomic E-state index is -1.02. The molecule has 0 aliphatic rings. The van der Waals surface area contributed by atoms with E-state index in [1.165, 1.54) is 17.7 Å². The number of amides is 1. The van der Waals surface area contributed by atoms with E-state index in [-0.39, 0.29) is 13.0 Å². The summed E-state index contributed by atoms with van der Waals surface area (Å²) < 4.78 is 33.6.